The number of fused-ring (bicyclic) bond motifs is 1. The fourth-order valence-electron chi connectivity index (χ4n) is 4.33. The largest absolute Gasteiger partial charge is 0.456 e. The normalized spacial score (nSPS) is 20.1. The van der Waals surface area contributed by atoms with Gasteiger partial charge >= 0.3 is 12.0 Å². The number of hydrogen-bond donors (Lipinski definition) is 1. The highest BCUT2D eigenvalue weighted by Gasteiger charge is 2.49. The van der Waals surface area contributed by atoms with Crippen LogP contribution in [-0.4, -0.2) is 54.3 Å². The number of likely N-dealkylation sites (N-methyl/N-ethyl adjacent to an activating group) is 1. The minimum absolute atomic E-state index is 0.366. The van der Waals surface area contributed by atoms with Crippen LogP contribution in [0.25, 0.3) is 0 Å². The highest BCUT2D eigenvalue weighted by molar-refractivity contribution is 6.08. The molecule has 2 aliphatic heterocycles. The summed E-state index contributed by atoms with van der Waals surface area (Å²) >= 11 is 0. The molecule has 0 spiro atoms. The Labute approximate surface area is 182 Å². The van der Waals surface area contributed by atoms with E-state index in [1.54, 1.807) is 13.8 Å². The van der Waals surface area contributed by atoms with E-state index in [0.717, 1.165) is 21.8 Å². The maximum atomic E-state index is 12.6. The molecule has 2 heterocycles. The van der Waals surface area contributed by atoms with E-state index in [2.05, 4.69) is 5.32 Å². The summed E-state index contributed by atoms with van der Waals surface area (Å²) in [4.78, 5) is 52.2. The maximum absolute atomic E-state index is 12.6. The number of imide groups is 1. The molecule has 8 nitrogen and oxygen atoms in total. The van der Waals surface area contributed by atoms with Crippen LogP contribution in [0.5, 0.6) is 0 Å². The quantitative estimate of drug-likeness (QED) is 0.408. The van der Waals surface area contributed by atoms with Gasteiger partial charge < -0.3 is 15.0 Å². The molecule has 2 aliphatic rings. The Balaban J connectivity index is 1.62. The van der Waals surface area contributed by atoms with Crippen molar-refractivity contribution in [3.8, 4) is 0 Å². The number of amides is 3. The van der Waals surface area contributed by atoms with Crippen molar-refractivity contribution in [2.24, 2.45) is 0 Å². The number of allylic oxidation sites excluding steroid dienone is 1. The summed E-state index contributed by atoms with van der Waals surface area (Å²) in [6.45, 7) is 6.69. The first-order valence-corrected chi connectivity index (χ1v) is 10.5. The zero-order valence-electron chi connectivity index (χ0n) is 18.7. The molecule has 0 atom stereocenters. The van der Waals surface area contributed by atoms with Crippen LogP contribution >= 0.6 is 0 Å². The second-order valence-electron chi connectivity index (χ2n) is 8.47. The summed E-state index contributed by atoms with van der Waals surface area (Å²) < 4.78 is 5.06. The Kier molecular flexibility index (Phi) is 5.93. The van der Waals surface area contributed by atoms with Crippen LogP contribution in [0.3, 0.4) is 0 Å². The molecule has 3 amide bonds. The highest BCUT2D eigenvalue weighted by Crippen LogP contribution is 2.46. The number of ether oxygens (including phenoxy) is 1. The molecule has 1 saturated heterocycles. The molecule has 3 rings (SSSR count). The van der Waals surface area contributed by atoms with Crippen LogP contribution in [0.15, 0.2) is 36.0 Å². The number of benzene rings is 1. The number of esters is 1. The molecule has 0 radical (unpaired) electrons. The lowest BCUT2D eigenvalue weighted by Crippen LogP contribution is -2.46. The van der Waals surface area contributed by atoms with Crippen LogP contribution < -0.4 is 10.2 Å². The topological polar surface area (TPSA) is 96.0 Å². The van der Waals surface area contributed by atoms with Crippen molar-refractivity contribution in [3.63, 3.8) is 0 Å². The highest BCUT2D eigenvalue weighted by atomic mass is 16.5. The predicted molar refractivity (Wildman–Crippen MR) is 115 cm³/mol. The lowest BCUT2D eigenvalue weighted by atomic mass is 9.83. The van der Waals surface area contributed by atoms with Crippen molar-refractivity contribution in [1.82, 2.24) is 10.2 Å². The van der Waals surface area contributed by atoms with E-state index in [1.807, 2.05) is 50.1 Å². The van der Waals surface area contributed by atoms with Crippen molar-refractivity contribution in [1.29, 1.82) is 0 Å². The zero-order valence-corrected chi connectivity index (χ0v) is 18.7. The third kappa shape index (κ3) is 3.82. The fourth-order valence-corrected chi connectivity index (χ4v) is 4.33. The standard InChI is InChI=1S/C23H29N3O5/c1-6-23(7-2)20(29)26(21(30)24-23)13-19(28)31-14-15(27)12-18-22(3,4)16-10-8-9-11-17(16)25(18)5/h8-12H,6-7,13-14H2,1-5H3,(H,24,30). The van der Waals surface area contributed by atoms with Gasteiger partial charge in [0.25, 0.3) is 5.91 Å². The zero-order chi connectivity index (χ0) is 23.0. The average molecular weight is 428 g/mol. The molecule has 1 aromatic rings. The van der Waals surface area contributed by atoms with Crippen molar-refractivity contribution >= 4 is 29.4 Å². The monoisotopic (exact) mass is 427 g/mol. The van der Waals surface area contributed by atoms with Gasteiger partial charge in [0, 0.05) is 29.9 Å². The molecule has 0 aliphatic carbocycles. The van der Waals surface area contributed by atoms with E-state index in [4.69, 9.17) is 4.74 Å². The van der Waals surface area contributed by atoms with Gasteiger partial charge in [-0.25, -0.2) is 4.79 Å². The second kappa shape index (κ2) is 8.17. The van der Waals surface area contributed by atoms with E-state index in [1.165, 1.54) is 6.08 Å². The molecule has 8 heteroatoms. The van der Waals surface area contributed by atoms with Crippen LogP contribution in [0.2, 0.25) is 0 Å². The Bertz CT molecular complexity index is 962. The second-order valence-corrected chi connectivity index (χ2v) is 8.47. The number of urea groups is 1. The summed E-state index contributed by atoms with van der Waals surface area (Å²) in [7, 11) is 1.89. The van der Waals surface area contributed by atoms with Crippen LogP contribution in [-0.2, 0) is 24.5 Å². The van der Waals surface area contributed by atoms with Gasteiger partial charge in [-0.1, -0.05) is 45.9 Å². The van der Waals surface area contributed by atoms with Crippen molar-refractivity contribution in [2.45, 2.75) is 51.5 Å². The molecular formula is C23H29N3O5. The van der Waals surface area contributed by atoms with Crippen molar-refractivity contribution in [3.05, 3.63) is 41.6 Å². The van der Waals surface area contributed by atoms with E-state index in [-0.39, 0.29) is 11.2 Å². The molecule has 1 aromatic carbocycles. The number of nitrogens with zero attached hydrogens (tertiary/aromatic N) is 2. The van der Waals surface area contributed by atoms with Gasteiger partial charge in [-0.05, 0) is 24.5 Å². The summed E-state index contributed by atoms with van der Waals surface area (Å²) in [6, 6.07) is 7.31. The Morgan fingerprint density at radius 1 is 1.13 bits per heavy atom. The molecule has 0 saturated carbocycles. The SMILES string of the molecule is CCC1(CC)NC(=O)N(CC(=O)OCC(=O)C=C2N(C)c3ccccc3C2(C)C)C1=O. The Hall–Kier alpha value is -3.16. The first-order chi connectivity index (χ1) is 14.6. The molecule has 166 valence electrons. The smallest absolute Gasteiger partial charge is 0.326 e. The van der Waals surface area contributed by atoms with Gasteiger partial charge in [-0.2, -0.15) is 0 Å². The molecule has 1 N–H and O–H groups in total. The summed E-state index contributed by atoms with van der Waals surface area (Å²) in [5.74, 6) is -1.62. The number of nitrogens with one attached hydrogen (secondary N) is 1. The van der Waals surface area contributed by atoms with Crippen LogP contribution in [0.4, 0.5) is 10.5 Å². The van der Waals surface area contributed by atoms with Crippen molar-refractivity contribution in [2.75, 3.05) is 25.1 Å². The van der Waals surface area contributed by atoms with E-state index >= 15 is 0 Å². The molecule has 0 bridgehead atoms. The van der Waals surface area contributed by atoms with E-state index in [0.29, 0.717) is 12.8 Å². The Morgan fingerprint density at radius 3 is 2.35 bits per heavy atom. The van der Waals surface area contributed by atoms with Crippen LogP contribution in [0, 0.1) is 0 Å². The van der Waals surface area contributed by atoms with Gasteiger partial charge in [0.15, 0.2) is 12.4 Å². The maximum Gasteiger partial charge on any atom is 0.326 e. The number of rotatable bonds is 7. The molecule has 0 unspecified atom stereocenters. The van der Waals surface area contributed by atoms with Gasteiger partial charge in [-0.3, -0.25) is 19.3 Å². The predicted octanol–water partition coefficient (Wildman–Crippen LogP) is 2.52. The first-order valence-electron chi connectivity index (χ1n) is 10.5. The molecule has 31 heavy (non-hydrogen) atoms. The number of para-hydroxylation sites is 1. The van der Waals surface area contributed by atoms with Gasteiger partial charge in [0.05, 0.1) is 0 Å². The van der Waals surface area contributed by atoms with Gasteiger partial charge in [-0.15, -0.1) is 0 Å². The fraction of sp³-hybridized carbons (Fsp3) is 0.478. The lowest BCUT2D eigenvalue weighted by Gasteiger charge is -2.24. The number of carbonyl (C=O) groups excluding carboxylic acids is 4. The summed E-state index contributed by atoms with van der Waals surface area (Å²) in [5, 5.41) is 2.66. The van der Waals surface area contributed by atoms with Crippen molar-refractivity contribution < 1.29 is 23.9 Å². The third-order valence-electron chi connectivity index (χ3n) is 6.35. The third-order valence-corrected chi connectivity index (χ3v) is 6.35. The van der Waals surface area contributed by atoms with Crippen LogP contribution in [0.1, 0.15) is 46.1 Å². The number of anilines is 1. The van der Waals surface area contributed by atoms with E-state index in [9.17, 15) is 19.2 Å². The lowest BCUT2D eigenvalue weighted by molar-refractivity contribution is -0.150. The number of ketones is 1. The molecule has 0 aromatic heterocycles. The van der Waals surface area contributed by atoms with E-state index < -0.39 is 36.6 Å². The Morgan fingerprint density at radius 2 is 1.77 bits per heavy atom. The molecule has 1 fully saturated rings. The first kappa shape index (κ1) is 22.5. The number of hydrogen-bond acceptors (Lipinski definition) is 6. The molecular weight excluding hydrogens is 398 g/mol. The summed E-state index contributed by atoms with van der Waals surface area (Å²) in [6.07, 6.45) is 2.34. The number of carbonyl (C=O) groups is 4. The minimum atomic E-state index is -0.981. The summed E-state index contributed by atoms with van der Waals surface area (Å²) in [5.41, 5.74) is 1.60. The van der Waals surface area contributed by atoms with Gasteiger partial charge in [0.1, 0.15) is 12.1 Å². The average Bonchev–Trinajstić information content (AvgIpc) is 3.10. The van der Waals surface area contributed by atoms with Gasteiger partial charge in [0.2, 0.25) is 0 Å². The minimum Gasteiger partial charge on any atom is -0.456 e.